The number of nitrogens with zero attached hydrogens (tertiary/aromatic N) is 1. The van der Waals surface area contributed by atoms with E-state index in [9.17, 15) is 14.4 Å². The van der Waals surface area contributed by atoms with Crippen molar-refractivity contribution in [2.45, 2.75) is 19.4 Å². The number of carbonyl (C=O) groups excluding carboxylic acids is 3. The summed E-state index contributed by atoms with van der Waals surface area (Å²) in [6, 6.07) is 11.8. The van der Waals surface area contributed by atoms with Gasteiger partial charge in [0.1, 0.15) is 9.57 Å². The maximum Gasteiger partial charge on any atom is 0.343 e. The second-order valence-corrected chi connectivity index (χ2v) is 10.1. The molecule has 0 radical (unpaired) electrons. The molecule has 0 spiro atoms. The summed E-state index contributed by atoms with van der Waals surface area (Å²) >= 11 is 5.55. The largest absolute Gasteiger partial charge is 0.423 e. The molecule has 2 aromatic carbocycles. The first-order valence-corrected chi connectivity index (χ1v) is 11.3. The smallest absolute Gasteiger partial charge is 0.343 e. The Morgan fingerprint density at radius 3 is 2.48 bits per heavy atom. The molecule has 29 heavy (non-hydrogen) atoms. The molecule has 1 amide bonds. The van der Waals surface area contributed by atoms with Gasteiger partial charge in [-0.1, -0.05) is 51.1 Å². The van der Waals surface area contributed by atoms with E-state index in [1.165, 1.54) is 26.7 Å². The number of ether oxygens (including phenoxy) is 1. The minimum Gasteiger partial charge on any atom is -0.423 e. The van der Waals surface area contributed by atoms with Crippen LogP contribution < -0.4 is 9.64 Å². The molecule has 144 valence electrons. The zero-order valence-electron chi connectivity index (χ0n) is 15.3. The molecular weight excluding hydrogens is 426 g/mol. The predicted octanol–water partition coefficient (Wildman–Crippen LogP) is 5.20. The van der Waals surface area contributed by atoms with Gasteiger partial charge < -0.3 is 4.74 Å². The number of hydrogen-bond donors (Lipinski definition) is 0. The lowest BCUT2D eigenvalue weighted by atomic mass is 9.88. The number of fused-ring (bicyclic) bond motifs is 2. The van der Waals surface area contributed by atoms with E-state index in [-0.39, 0.29) is 11.3 Å². The molecule has 0 aliphatic carbocycles. The molecule has 3 heterocycles. The van der Waals surface area contributed by atoms with Gasteiger partial charge in [-0.2, -0.15) is 0 Å². The van der Waals surface area contributed by atoms with Crippen molar-refractivity contribution in [3.8, 4) is 16.9 Å². The molecule has 2 aliphatic rings. The molecule has 5 rings (SSSR count). The number of hydrogen-bond acceptors (Lipinski definition) is 7. The highest BCUT2D eigenvalue weighted by Gasteiger charge is 2.51. The highest BCUT2D eigenvalue weighted by atomic mass is 32.9. The van der Waals surface area contributed by atoms with Crippen LogP contribution in [-0.4, -0.2) is 17.7 Å². The maximum atomic E-state index is 12.8. The third-order valence-corrected chi connectivity index (χ3v) is 8.51. The second-order valence-electron chi connectivity index (χ2n) is 7.31. The summed E-state index contributed by atoms with van der Waals surface area (Å²) in [5.74, 6) is -1.49. The second kappa shape index (κ2) is 6.16. The van der Waals surface area contributed by atoms with Crippen LogP contribution in [0.2, 0.25) is 0 Å². The van der Waals surface area contributed by atoms with Gasteiger partial charge in [-0.25, -0.2) is 4.79 Å². The Morgan fingerprint density at radius 2 is 1.76 bits per heavy atom. The highest BCUT2D eigenvalue weighted by Crippen LogP contribution is 2.56. The number of rotatable bonds is 2. The summed E-state index contributed by atoms with van der Waals surface area (Å²) in [6.45, 7) is 3.83. The van der Waals surface area contributed by atoms with Gasteiger partial charge in [0, 0.05) is 11.1 Å². The quantitative estimate of drug-likeness (QED) is 0.180. The number of esters is 1. The summed E-state index contributed by atoms with van der Waals surface area (Å²) in [6.07, 6.45) is 0. The van der Waals surface area contributed by atoms with Crippen LogP contribution in [0, 0.1) is 3.82 Å². The molecule has 0 N–H and O–H groups in total. The topological polar surface area (TPSA) is 63.7 Å². The van der Waals surface area contributed by atoms with Crippen molar-refractivity contribution in [3.63, 3.8) is 0 Å². The zero-order chi connectivity index (χ0) is 20.5. The number of anilines is 1. The first-order chi connectivity index (χ1) is 13.8. The van der Waals surface area contributed by atoms with Crippen LogP contribution in [0.5, 0.6) is 5.75 Å². The van der Waals surface area contributed by atoms with Crippen LogP contribution in [0.1, 0.15) is 39.4 Å². The molecule has 0 fully saturated rings. The highest BCUT2D eigenvalue weighted by molar-refractivity contribution is 7.80. The van der Waals surface area contributed by atoms with Gasteiger partial charge in [-0.05, 0) is 38.1 Å². The van der Waals surface area contributed by atoms with Gasteiger partial charge in [0.15, 0.2) is 0 Å². The average molecular weight is 440 g/mol. The predicted molar refractivity (Wildman–Crippen MR) is 115 cm³/mol. The monoisotopic (exact) mass is 439 g/mol. The fourth-order valence-corrected chi connectivity index (χ4v) is 7.14. The van der Waals surface area contributed by atoms with E-state index in [4.69, 9.17) is 17.0 Å². The molecule has 0 unspecified atom stereocenters. The number of carbonyl (C=O) groups is 3. The molecule has 0 bridgehead atoms. The van der Waals surface area contributed by atoms with Gasteiger partial charge in [0.25, 0.3) is 11.7 Å². The zero-order valence-corrected chi connectivity index (χ0v) is 17.8. The van der Waals surface area contributed by atoms with Crippen molar-refractivity contribution >= 4 is 56.2 Å². The fourth-order valence-electron chi connectivity index (χ4n) is 3.86. The van der Waals surface area contributed by atoms with Crippen molar-refractivity contribution < 1.29 is 19.1 Å². The molecule has 5 nitrogen and oxygen atoms in total. The Hall–Kier alpha value is -2.68. The summed E-state index contributed by atoms with van der Waals surface area (Å²) in [5.41, 5.74) is 2.01. The van der Waals surface area contributed by atoms with Gasteiger partial charge in [0.2, 0.25) is 0 Å². The molecule has 2 aliphatic heterocycles. The van der Waals surface area contributed by atoms with Crippen molar-refractivity contribution in [2.75, 3.05) is 4.90 Å². The van der Waals surface area contributed by atoms with E-state index in [1.807, 2.05) is 13.8 Å². The van der Waals surface area contributed by atoms with E-state index >= 15 is 0 Å². The van der Waals surface area contributed by atoms with Crippen molar-refractivity contribution in [2.24, 2.45) is 0 Å². The summed E-state index contributed by atoms with van der Waals surface area (Å²) in [7, 11) is 2.97. The normalized spacial score (nSPS) is 15.9. The number of amides is 1. The fraction of sp³-hybridized carbons (Fsp3) is 0.143. The van der Waals surface area contributed by atoms with Gasteiger partial charge in [0.05, 0.1) is 27.2 Å². The van der Waals surface area contributed by atoms with Crippen molar-refractivity contribution in [3.05, 3.63) is 62.3 Å². The van der Waals surface area contributed by atoms with Crippen LogP contribution >= 0.6 is 32.9 Å². The lowest BCUT2D eigenvalue weighted by molar-refractivity contribution is -0.115. The molecule has 0 saturated carbocycles. The third-order valence-electron chi connectivity index (χ3n) is 5.18. The molecule has 3 aromatic rings. The summed E-state index contributed by atoms with van der Waals surface area (Å²) in [4.78, 5) is 40.5. The molecule has 8 heteroatoms. The van der Waals surface area contributed by atoms with Crippen molar-refractivity contribution in [1.82, 2.24) is 0 Å². The van der Waals surface area contributed by atoms with Crippen LogP contribution in [0.4, 0.5) is 5.69 Å². The van der Waals surface area contributed by atoms with Crippen molar-refractivity contribution in [1.29, 1.82) is 0 Å². The minimum absolute atomic E-state index is 0.215. The molecule has 0 atom stereocenters. The van der Waals surface area contributed by atoms with Crippen LogP contribution in [-0.2, 0) is 10.3 Å². The summed E-state index contributed by atoms with van der Waals surface area (Å²) in [5, 5.41) is 0. The van der Waals surface area contributed by atoms with E-state index in [2.05, 4.69) is 0 Å². The Balaban J connectivity index is 1.71. The van der Waals surface area contributed by atoms with Gasteiger partial charge in [-0.15, -0.1) is 0 Å². The van der Waals surface area contributed by atoms with Crippen LogP contribution in [0.3, 0.4) is 0 Å². The average Bonchev–Trinajstić information content (AvgIpc) is 3.21. The Bertz CT molecular complexity index is 1290. The maximum absolute atomic E-state index is 12.8. The van der Waals surface area contributed by atoms with E-state index in [1.54, 1.807) is 41.3 Å². The Morgan fingerprint density at radius 1 is 1.07 bits per heavy atom. The number of Topliss-reactive ketones (excluding diaryl/α,β-unsaturated/α-hetero) is 1. The first-order valence-electron chi connectivity index (χ1n) is 8.79. The number of benzene rings is 2. The minimum atomic E-state index is -0.680. The lowest BCUT2D eigenvalue weighted by Gasteiger charge is -2.39. The molecular formula is C21H13NO4S3. The molecule has 0 saturated heterocycles. The lowest BCUT2D eigenvalue weighted by Crippen LogP contribution is -2.46. The first kappa shape index (κ1) is 18.4. The van der Waals surface area contributed by atoms with E-state index < -0.39 is 23.2 Å². The Kier molecular flexibility index (Phi) is 3.90. The van der Waals surface area contributed by atoms with Gasteiger partial charge in [-0.3, -0.25) is 14.5 Å². The van der Waals surface area contributed by atoms with E-state index in [0.717, 1.165) is 10.4 Å². The SMILES string of the molecule is CC1(C)c2ssc(=S)c2-c2cc(OC(=O)c3ccccc3)cc3c2N1C(=O)C3=O. The van der Waals surface area contributed by atoms with Crippen LogP contribution in [0.15, 0.2) is 42.5 Å². The number of ketones is 1. The van der Waals surface area contributed by atoms with Crippen LogP contribution in [0.25, 0.3) is 11.1 Å². The summed E-state index contributed by atoms with van der Waals surface area (Å²) < 4.78 is 6.24. The van der Waals surface area contributed by atoms with Gasteiger partial charge >= 0.3 is 5.97 Å². The standard InChI is InChI=1S/C21H13NO4S3/c1-21(2)17-14(20(27)29-28-17)12-8-11(26-19(25)10-6-4-3-5-7-10)9-13-15(12)22(21)18(24)16(13)23/h3-9H,1-2H3. The molecule has 1 aromatic heterocycles. The van der Waals surface area contributed by atoms with E-state index in [0.29, 0.717) is 20.6 Å². The Labute approximate surface area is 178 Å². The third kappa shape index (κ3) is 2.49.